The monoisotopic (exact) mass is 395 g/mol. The number of esters is 1. The van der Waals surface area contributed by atoms with Crippen molar-refractivity contribution in [1.82, 2.24) is 0 Å². The minimum absolute atomic E-state index is 0.187. The summed E-state index contributed by atoms with van der Waals surface area (Å²) in [4.78, 5) is 12.5. The number of ether oxygens (including phenoxy) is 2. The van der Waals surface area contributed by atoms with Crippen LogP contribution in [0.2, 0.25) is 0 Å². The van der Waals surface area contributed by atoms with E-state index in [0.717, 1.165) is 22.3 Å². The zero-order chi connectivity index (χ0) is 20.9. The van der Waals surface area contributed by atoms with Crippen LogP contribution in [0.1, 0.15) is 10.4 Å². The Morgan fingerprint density at radius 3 is 2.37 bits per heavy atom. The average Bonchev–Trinajstić information content (AvgIpc) is 2.79. The van der Waals surface area contributed by atoms with E-state index in [1.165, 1.54) is 0 Å². The first-order valence-electron chi connectivity index (χ1n) is 9.41. The molecule has 0 saturated heterocycles. The molecule has 0 saturated carbocycles. The van der Waals surface area contributed by atoms with Gasteiger partial charge in [-0.1, -0.05) is 54.6 Å². The number of hydrogen-bond donors (Lipinski definition) is 1. The average molecular weight is 395 g/mol. The Balaban J connectivity index is 1.70. The summed E-state index contributed by atoms with van der Waals surface area (Å²) in [5, 5.41) is 9.79. The summed E-state index contributed by atoms with van der Waals surface area (Å²) >= 11 is 0. The number of phenolic OH excluding ortho intramolecular Hbond substituents is 1. The largest absolute Gasteiger partial charge is 0.508 e. The second-order valence-corrected chi connectivity index (χ2v) is 6.64. The number of carbonyl (C=O) groups is 1. The van der Waals surface area contributed by atoms with Crippen LogP contribution < -0.4 is 9.47 Å². The van der Waals surface area contributed by atoms with Gasteiger partial charge in [-0.2, -0.15) is 0 Å². The summed E-state index contributed by atoms with van der Waals surface area (Å²) in [6, 6.07) is 29.8. The molecule has 4 rings (SSSR count). The second-order valence-electron chi connectivity index (χ2n) is 6.64. The molecule has 0 aliphatic carbocycles. The van der Waals surface area contributed by atoms with Gasteiger partial charge in [0.1, 0.15) is 17.2 Å². The summed E-state index contributed by atoms with van der Waals surface area (Å²) in [5.74, 6) is 0.817. The van der Waals surface area contributed by atoms with Gasteiger partial charge in [-0.05, 0) is 53.6 Å². The summed E-state index contributed by atoms with van der Waals surface area (Å²) in [6.07, 6.45) is 0. The fourth-order valence-electron chi connectivity index (χ4n) is 3.24. The molecular formula is C26H19O4. The van der Waals surface area contributed by atoms with Gasteiger partial charge in [-0.15, -0.1) is 0 Å². The molecule has 30 heavy (non-hydrogen) atoms. The van der Waals surface area contributed by atoms with Crippen molar-refractivity contribution in [3.63, 3.8) is 0 Å². The highest BCUT2D eigenvalue weighted by molar-refractivity contribution is 5.92. The van der Waals surface area contributed by atoms with Crippen LogP contribution in [0.15, 0.2) is 91.0 Å². The van der Waals surface area contributed by atoms with Crippen LogP contribution in [0.3, 0.4) is 0 Å². The van der Waals surface area contributed by atoms with Gasteiger partial charge >= 0.3 is 5.97 Å². The molecule has 1 N–H and O–H groups in total. The molecule has 0 unspecified atom stereocenters. The third-order valence-corrected chi connectivity index (χ3v) is 4.71. The van der Waals surface area contributed by atoms with Crippen LogP contribution in [0, 0.1) is 6.07 Å². The molecule has 0 amide bonds. The van der Waals surface area contributed by atoms with E-state index in [-0.39, 0.29) is 5.75 Å². The fraction of sp³-hybridized carbons (Fsp3) is 0.0385. The molecule has 0 aromatic heterocycles. The molecular weight excluding hydrogens is 376 g/mol. The normalized spacial score (nSPS) is 10.4. The molecule has 0 fully saturated rings. The van der Waals surface area contributed by atoms with Crippen molar-refractivity contribution in [2.24, 2.45) is 0 Å². The SMILES string of the molecule is COc1cc(-c2cc[c]cc2OC(=O)c2ccccc2)ccc1-c1cccc(O)c1. The van der Waals surface area contributed by atoms with Crippen LogP contribution in [0.4, 0.5) is 0 Å². The van der Waals surface area contributed by atoms with Gasteiger partial charge < -0.3 is 14.6 Å². The van der Waals surface area contributed by atoms with Crippen LogP contribution in [0.5, 0.6) is 17.2 Å². The molecule has 147 valence electrons. The molecule has 0 heterocycles. The van der Waals surface area contributed by atoms with Gasteiger partial charge in [-0.3, -0.25) is 0 Å². The lowest BCUT2D eigenvalue weighted by molar-refractivity contribution is 0.0735. The highest BCUT2D eigenvalue weighted by Crippen LogP contribution is 2.38. The topological polar surface area (TPSA) is 55.8 Å². The first kappa shape index (κ1) is 19.3. The van der Waals surface area contributed by atoms with E-state index in [2.05, 4.69) is 6.07 Å². The van der Waals surface area contributed by atoms with Crippen LogP contribution >= 0.6 is 0 Å². The predicted octanol–water partition coefficient (Wildman–Crippen LogP) is 5.75. The number of phenols is 1. The quantitative estimate of drug-likeness (QED) is 0.345. The van der Waals surface area contributed by atoms with Gasteiger partial charge in [0.2, 0.25) is 0 Å². The van der Waals surface area contributed by atoms with E-state index in [1.807, 2.05) is 36.4 Å². The summed E-state index contributed by atoms with van der Waals surface area (Å²) < 4.78 is 11.2. The predicted molar refractivity (Wildman–Crippen MR) is 116 cm³/mol. The fourth-order valence-corrected chi connectivity index (χ4v) is 3.24. The van der Waals surface area contributed by atoms with E-state index < -0.39 is 5.97 Å². The van der Waals surface area contributed by atoms with Crippen molar-refractivity contribution >= 4 is 5.97 Å². The van der Waals surface area contributed by atoms with Crippen molar-refractivity contribution < 1.29 is 19.4 Å². The van der Waals surface area contributed by atoms with Crippen LogP contribution in [-0.4, -0.2) is 18.2 Å². The van der Waals surface area contributed by atoms with E-state index >= 15 is 0 Å². The Kier molecular flexibility index (Phi) is 5.48. The summed E-state index contributed by atoms with van der Waals surface area (Å²) in [5.41, 5.74) is 3.75. The Hall–Kier alpha value is -4.05. The van der Waals surface area contributed by atoms with Gasteiger partial charge in [-0.25, -0.2) is 4.79 Å². The Labute approximate surface area is 175 Å². The first-order chi connectivity index (χ1) is 14.7. The smallest absolute Gasteiger partial charge is 0.343 e. The molecule has 0 bridgehead atoms. The number of methoxy groups -OCH3 is 1. The first-order valence-corrected chi connectivity index (χ1v) is 9.41. The molecule has 1 radical (unpaired) electrons. The lowest BCUT2D eigenvalue weighted by Crippen LogP contribution is -2.08. The summed E-state index contributed by atoms with van der Waals surface area (Å²) in [6.45, 7) is 0. The van der Waals surface area contributed by atoms with Gasteiger partial charge in [0, 0.05) is 11.1 Å². The number of hydrogen-bond acceptors (Lipinski definition) is 4. The van der Waals surface area contributed by atoms with Crippen molar-refractivity contribution in [1.29, 1.82) is 0 Å². The maximum atomic E-state index is 12.5. The maximum absolute atomic E-state index is 12.5. The molecule has 0 aliphatic rings. The number of carbonyl (C=O) groups excluding carboxylic acids is 1. The molecule has 0 atom stereocenters. The minimum Gasteiger partial charge on any atom is -0.508 e. The van der Waals surface area contributed by atoms with Crippen molar-refractivity contribution in [3.8, 4) is 39.5 Å². The number of rotatable bonds is 5. The van der Waals surface area contributed by atoms with E-state index in [4.69, 9.17) is 9.47 Å². The Morgan fingerprint density at radius 2 is 1.60 bits per heavy atom. The van der Waals surface area contributed by atoms with Gasteiger partial charge in [0.05, 0.1) is 12.7 Å². The van der Waals surface area contributed by atoms with E-state index in [0.29, 0.717) is 17.1 Å². The lowest BCUT2D eigenvalue weighted by Gasteiger charge is -2.14. The second kappa shape index (κ2) is 8.53. The zero-order valence-corrected chi connectivity index (χ0v) is 16.3. The molecule has 4 nitrogen and oxygen atoms in total. The standard InChI is InChI=1S/C26H19O4/c1-29-25-17-20(14-15-23(25)19-10-7-11-21(27)16-19)22-12-5-6-13-24(22)30-26(28)18-8-3-2-4-9-18/h2-5,7-17,27H,1H3. The zero-order valence-electron chi connectivity index (χ0n) is 16.3. The van der Waals surface area contributed by atoms with Crippen molar-refractivity contribution in [3.05, 3.63) is 103 Å². The van der Waals surface area contributed by atoms with Crippen molar-refractivity contribution in [2.45, 2.75) is 0 Å². The lowest BCUT2D eigenvalue weighted by atomic mass is 9.98. The van der Waals surface area contributed by atoms with Crippen LogP contribution in [0.25, 0.3) is 22.3 Å². The third kappa shape index (κ3) is 4.03. The molecule has 0 aliphatic heterocycles. The number of aromatic hydroxyl groups is 1. The van der Waals surface area contributed by atoms with E-state index in [9.17, 15) is 9.90 Å². The third-order valence-electron chi connectivity index (χ3n) is 4.71. The van der Waals surface area contributed by atoms with Crippen molar-refractivity contribution in [2.75, 3.05) is 7.11 Å². The molecule has 4 aromatic carbocycles. The highest BCUT2D eigenvalue weighted by Gasteiger charge is 2.15. The molecule has 4 heteroatoms. The van der Waals surface area contributed by atoms with Gasteiger partial charge in [0.25, 0.3) is 0 Å². The molecule has 4 aromatic rings. The Bertz CT molecular complexity index is 1180. The number of benzene rings is 4. The maximum Gasteiger partial charge on any atom is 0.343 e. The van der Waals surface area contributed by atoms with E-state index in [1.54, 1.807) is 61.7 Å². The molecule has 0 spiro atoms. The van der Waals surface area contributed by atoms with Gasteiger partial charge in [0.15, 0.2) is 0 Å². The van der Waals surface area contributed by atoms with Crippen LogP contribution in [-0.2, 0) is 0 Å². The highest BCUT2D eigenvalue weighted by atomic mass is 16.5. The minimum atomic E-state index is -0.431. The summed E-state index contributed by atoms with van der Waals surface area (Å²) in [7, 11) is 1.60. The Morgan fingerprint density at radius 1 is 0.833 bits per heavy atom.